The van der Waals surface area contributed by atoms with Crippen molar-refractivity contribution in [3.05, 3.63) is 24.3 Å². The highest BCUT2D eigenvalue weighted by Crippen LogP contribution is 2.43. The van der Waals surface area contributed by atoms with Gasteiger partial charge >= 0.3 is 19.8 Å². The normalized spacial score (nSPS) is 20.5. The average molecular weight is 833 g/mol. The lowest BCUT2D eigenvalue weighted by Gasteiger charge is -2.20. The van der Waals surface area contributed by atoms with Crippen LogP contribution in [0.2, 0.25) is 0 Å². The van der Waals surface area contributed by atoms with Gasteiger partial charge in [-0.3, -0.25) is 23.4 Å². The molecule has 1 aliphatic rings. The molecule has 0 spiro atoms. The lowest BCUT2D eigenvalue weighted by atomic mass is 9.90. The molecule has 332 valence electrons. The Morgan fingerprint density at radius 3 is 2.09 bits per heavy atom. The summed E-state index contributed by atoms with van der Waals surface area (Å²) in [7, 11) is -4.69. The number of ether oxygens (including phenoxy) is 2. The van der Waals surface area contributed by atoms with E-state index >= 15 is 0 Å². The monoisotopic (exact) mass is 833 g/mol. The first-order valence-electron chi connectivity index (χ1n) is 21.8. The van der Waals surface area contributed by atoms with Crippen molar-refractivity contribution in [3.8, 4) is 0 Å². The Labute approximate surface area is 342 Å². The first kappa shape index (κ1) is 53.1. The number of unbranched alkanes of at least 4 members (excludes halogenated alkanes) is 12. The van der Waals surface area contributed by atoms with Gasteiger partial charge in [0, 0.05) is 31.1 Å². The SMILES string of the molecule is CCCCC[C@H](O)/C=C/[C@H]1[C@H](O)CC(=O)[C@@H]1C/C=C\CCCC(=O)O[C@H](COC(=O)CCCCCCCCCCCCC(C)CC)COP(=O)(O)OC[C@@H](O)CO. The number of hydrogen-bond acceptors (Lipinski definition) is 12. The van der Waals surface area contributed by atoms with Crippen molar-refractivity contribution >= 4 is 25.5 Å². The molecule has 0 radical (unpaired) electrons. The van der Waals surface area contributed by atoms with Crippen molar-refractivity contribution in [2.24, 2.45) is 17.8 Å². The fourth-order valence-corrected chi connectivity index (χ4v) is 7.45. The van der Waals surface area contributed by atoms with Crippen LogP contribution >= 0.6 is 7.82 Å². The lowest BCUT2D eigenvalue weighted by molar-refractivity contribution is -0.161. The number of ketones is 1. The van der Waals surface area contributed by atoms with E-state index in [-0.39, 0.29) is 31.0 Å². The first-order chi connectivity index (χ1) is 27.3. The standard InChI is InChI=1S/C43H77O13P/c1-4-6-17-23-35(45)27-28-39-38(40(47)29-41(39)48)24-19-15-16-21-26-43(50)56-37(33-55-57(51,52)54-31-36(46)30-44)32-53-42(49)25-20-14-12-10-8-7-9-11-13-18-22-34(3)5-2/h15,19,27-28,34-39,41,44-46,48H,4-14,16-18,20-26,29-33H2,1-3H3,(H,51,52)/b19-15-,28-27+/t34?,35-,36-,37+,38+,39+,41+/m0/s1. The van der Waals surface area contributed by atoms with Gasteiger partial charge in [0.25, 0.3) is 0 Å². The molecule has 8 atom stereocenters. The maximum atomic E-state index is 12.7. The van der Waals surface area contributed by atoms with Crippen molar-refractivity contribution in [1.29, 1.82) is 0 Å². The Bertz CT molecular complexity index is 1180. The van der Waals surface area contributed by atoms with E-state index in [9.17, 15) is 39.2 Å². The van der Waals surface area contributed by atoms with Crippen LogP contribution in [0.25, 0.3) is 0 Å². The highest BCUT2D eigenvalue weighted by atomic mass is 31.2. The van der Waals surface area contributed by atoms with Crippen molar-refractivity contribution in [2.75, 3.05) is 26.4 Å². The number of hydrogen-bond donors (Lipinski definition) is 5. The number of phosphoric ester groups is 1. The van der Waals surface area contributed by atoms with E-state index in [2.05, 4.69) is 25.3 Å². The van der Waals surface area contributed by atoms with Crippen LogP contribution in [0.1, 0.15) is 162 Å². The molecule has 0 bridgehead atoms. The van der Waals surface area contributed by atoms with Crippen LogP contribution in [0.15, 0.2) is 24.3 Å². The van der Waals surface area contributed by atoms with Crippen molar-refractivity contribution in [3.63, 3.8) is 0 Å². The summed E-state index contributed by atoms with van der Waals surface area (Å²) in [6.45, 7) is 4.29. The molecule has 13 nitrogen and oxygen atoms in total. The smallest absolute Gasteiger partial charge is 0.462 e. The Morgan fingerprint density at radius 1 is 0.825 bits per heavy atom. The summed E-state index contributed by atoms with van der Waals surface area (Å²) in [6, 6.07) is 0. The number of aliphatic hydroxyl groups is 4. The van der Waals surface area contributed by atoms with E-state index in [1.807, 2.05) is 12.2 Å². The molecule has 0 saturated heterocycles. The molecule has 57 heavy (non-hydrogen) atoms. The Kier molecular flexibility index (Phi) is 30.6. The molecular weight excluding hydrogens is 755 g/mol. The first-order valence-corrected chi connectivity index (χ1v) is 23.3. The summed E-state index contributed by atoms with van der Waals surface area (Å²) < 4.78 is 32.6. The van der Waals surface area contributed by atoms with Gasteiger partial charge in [-0.15, -0.1) is 0 Å². The van der Waals surface area contributed by atoms with E-state index in [0.717, 1.165) is 44.4 Å². The number of phosphoric acid groups is 1. The van der Waals surface area contributed by atoms with Crippen LogP contribution in [-0.2, 0) is 37.5 Å². The number of Topliss-reactive ketones (excluding diaryl/α,β-unsaturated/α-hetero) is 1. The summed E-state index contributed by atoms with van der Waals surface area (Å²) in [5.74, 6) is -1.09. The van der Waals surface area contributed by atoms with Crippen molar-refractivity contribution < 1.29 is 62.8 Å². The van der Waals surface area contributed by atoms with Gasteiger partial charge in [0.2, 0.25) is 0 Å². The molecule has 14 heteroatoms. The highest BCUT2D eigenvalue weighted by Gasteiger charge is 2.39. The molecule has 1 saturated carbocycles. The molecule has 1 aliphatic carbocycles. The molecule has 0 aromatic rings. The van der Waals surface area contributed by atoms with Gasteiger partial charge in [-0.25, -0.2) is 4.57 Å². The summed E-state index contributed by atoms with van der Waals surface area (Å²) in [6.07, 6.45) is 22.2. The summed E-state index contributed by atoms with van der Waals surface area (Å²) in [4.78, 5) is 47.7. The van der Waals surface area contributed by atoms with Crippen LogP contribution in [0.3, 0.4) is 0 Å². The number of allylic oxidation sites excluding steroid dienone is 2. The van der Waals surface area contributed by atoms with E-state index < -0.39 is 76.5 Å². The van der Waals surface area contributed by atoms with Gasteiger partial charge in [0.1, 0.15) is 18.5 Å². The van der Waals surface area contributed by atoms with Gasteiger partial charge in [-0.05, 0) is 38.0 Å². The summed E-state index contributed by atoms with van der Waals surface area (Å²) >= 11 is 0. The third kappa shape index (κ3) is 27.4. The van der Waals surface area contributed by atoms with Crippen molar-refractivity contribution in [2.45, 2.75) is 186 Å². The third-order valence-corrected chi connectivity index (χ3v) is 11.5. The van der Waals surface area contributed by atoms with E-state index in [1.165, 1.54) is 51.4 Å². The molecular formula is C43H77O13P. The third-order valence-electron chi connectivity index (χ3n) is 10.5. The molecule has 1 fully saturated rings. The molecule has 0 aromatic carbocycles. The van der Waals surface area contributed by atoms with Crippen LogP contribution in [-0.4, -0.2) is 93.9 Å². The van der Waals surface area contributed by atoms with Gasteiger partial charge in [-0.1, -0.05) is 135 Å². The Morgan fingerprint density at radius 2 is 1.44 bits per heavy atom. The molecule has 0 aromatic heterocycles. The second-order valence-corrected chi connectivity index (χ2v) is 17.2. The van der Waals surface area contributed by atoms with E-state index in [4.69, 9.17) is 19.1 Å². The molecule has 0 heterocycles. The van der Waals surface area contributed by atoms with Crippen LogP contribution < -0.4 is 0 Å². The minimum atomic E-state index is -4.69. The quantitative estimate of drug-likeness (QED) is 0.0177. The Hall–Kier alpha value is -1.96. The van der Waals surface area contributed by atoms with Crippen molar-refractivity contribution in [1.82, 2.24) is 0 Å². The van der Waals surface area contributed by atoms with Crippen LogP contribution in [0.4, 0.5) is 0 Å². The number of carbonyl (C=O) groups excluding carboxylic acids is 3. The number of esters is 2. The fourth-order valence-electron chi connectivity index (χ4n) is 6.66. The minimum absolute atomic E-state index is 0.00858. The zero-order valence-electron chi connectivity index (χ0n) is 35.2. The second-order valence-electron chi connectivity index (χ2n) is 15.7. The fraction of sp³-hybridized carbons (Fsp3) is 0.837. The van der Waals surface area contributed by atoms with Crippen LogP contribution in [0.5, 0.6) is 0 Å². The molecule has 2 unspecified atom stereocenters. The zero-order chi connectivity index (χ0) is 42.3. The maximum Gasteiger partial charge on any atom is 0.472 e. The average Bonchev–Trinajstić information content (AvgIpc) is 3.46. The predicted octanol–water partition coefficient (Wildman–Crippen LogP) is 7.84. The van der Waals surface area contributed by atoms with Gasteiger partial charge < -0.3 is 34.8 Å². The number of carbonyl (C=O) groups is 3. The minimum Gasteiger partial charge on any atom is -0.462 e. The van der Waals surface area contributed by atoms with Gasteiger partial charge in [0.15, 0.2) is 6.10 Å². The second kappa shape index (κ2) is 32.8. The lowest BCUT2D eigenvalue weighted by Crippen LogP contribution is -2.29. The molecule has 0 amide bonds. The van der Waals surface area contributed by atoms with Gasteiger partial charge in [0.05, 0.1) is 32.0 Å². The predicted molar refractivity (Wildman–Crippen MR) is 220 cm³/mol. The molecule has 0 aliphatic heterocycles. The molecule has 1 rings (SSSR count). The highest BCUT2D eigenvalue weighted by molar-refractivity contribution is 7.47. The van der Waals surface area contributed by atoms with Gasteiger partial charge in [-0.2, -0.15) is 0 Å². The number of aliphatic hydroxyl groups excluding tert-OH is 4. The van der Waals surface area contributed by atoms with E-state index in [0.29, 0.717) is 32.1 Å². The topological polar surface area (TPSA) is 206 Å². The summed E-state index contributed by atoms with van der Waals surface area (Å²) in [5, 5.41) is 39.0. The zero-order valence-corrected chi connectivity index (χ0v) is 36.1. The Balaban J connectivity index is 2.50. The van der Waals surface area contributed by atoms with Crippen LogP contribution in [0, 0.1) is 17.8 Å². The molecule has 5 N–H and O–H groups in total. The summed E-state index contributed by atoms with van der Waals surface area (Å²) in [5.41, 5.74) is 0. The maximum absolute atomic E-state index is 12.7. The van der Waals surface area contributed by atoms with E-state index in [1.54, 1.807) is 12.2 Å². The largest absolute Gasteiger partial charge is 0.472 e. The number of rotatable bonds is 36.